The molecular weight excluding hydrogens is 196 g/mol. The van der Waals surface area contributed by atoms with Gasteiger partial charge < -0.3 is 0 Å². The summed E-state index contributed by atoms with van der Waals surface area (Å²) in [6.07, 6.45) is 1.29. The summed E-state index contributed by atoms with van der Waals surface area (Å²) in [6.45, 7) is 1.30. The number of rotatable bonds is 2. The number of hydrogen-bond donors (Lipinski definition) is 1. The molecule has 0 aromatic carbocycles. The van der Waals surface area contributed by atoms with E-state index in [2.05, 4.69) is 4.98 Å². The number of carbonyl (C=O) groups is 1. The molecule has 5 nitrogen and oxygen atoms in total. The summed E-state index contributed by atoms with van der Waals surface area (Å²) in [7, 11) is 0. The van der Waals surface area contributed by atoms with Gasteiger partial charge >= 0.3 is 5.69 Å². The molecule has 0 aliphatic carbocycles. The van der Waals surface area contributed by atoms with E-state index in [1.54, 1.807) is 0 Å². The Labute approximate surface area is 78.0 Å². The molecule has 0 aliphatic rings. The van der Waals surface area contributed by atoms with Crippen LogP contribution in [0.4, 0.5) is 0 Å². The third-order valence-electron chi connectivity index (χ3n) is 1.48. The van der Waals surface area contributed by atoms with Crippen molar-refractivity contribution in [3.63, 3.8) is 0 Å². The van der Waals surface area contributed by atoms with Crippen LogP contribution in [-0.2, 0) is 11.3 Å². The SMILES string of the molecule is Cc1cn(CC(=O)Cl)c(=O)[nH]c1=O. The Hall–Kier alpha value is -1.36. The van der Waals surface area contributed by atoms with E-state index in [-0.39, 0.29) is 6.54 Å². The van der Waals surface area contributed by atoms with E-state index in [9.17, 15) is 14.4 Å². The molecule has 13 heavy (non-hydrogen) atoms. The molecule has 1 rings (SSSR count). The molecule has 70 valence electrons. The molecule has 0 spiro atoms. The largest absolute Gasteiger partial charge is 0.328 e. The Morgan fingerprint density at radius 2 is 2.23 bits per heavy atom. The van der Waals surface area contributed by atoms with Crippen molar-refractivity contribution < 1.29 is 4.79 Å². The number of H-pyrrole nitrogens is 1. The molecular formula is C7H7ClN2O3. The molecule has 0 saturated heterocycles. The lowest BCUT2D eigenvalue weighted by atomic mass is 10.4. The van der Waals surface area contributed by atoms with Crippen LogP contribution >= 0.6 is 11.6 Å². The minimum absolute atomic E-state index is 0.238. The zero-order valence-corrected chi connectivity index (χ0v) is 7.59. The van der Waals surface area contributed by atoms with Crippen LogP contribution in [0.25, 0.3) is 0 Å². The summed E-state index contributed by atoms with van der Waals surface area (Å²) in [5, 5.41) is -0.659. The second kappa shape index (κ2) is 3.57. The maximum absolute atomic E-state index is 11.0. The summed E-state index contributed by atoms with van der Waals surface area (Å²) in [6, 6.07) is 0. The van der Waals surface area contributed by atoms with E-state index in [0.29, 0.717) is 5.56 Å². The van der Waals surface area contributed by atoms with Crippen LogP contribution in [0.1, 0.15) is 5.56 Å². The monoisotopic (exact) mass is 202 g/mol. The van der Waals surface area contributed by atoms with Gasteiger partial charge in [0.2, 0.25) is 5.24 Å². The highest BCUT2D eigenvalue weighted by Gasteiger charge is 2.03. The lowest BCUT2D eigenvalue weighted by molar-refractivity contribution is -0.112. The van der Waals surface area contributed by atoms with E-state index in [4.69, 9.17) is 11.6 Å². The highest BCUT2D eigenvalue weighted by atomic mass is 35.5. The molecule has 6 heteroatoms. The van der Waals surface area contributed by atoms with Crippen molar-refractivity contribution >= 4 is 16.8 Å². The fourth-order valence-corrected chi connectivity index (χ4v) is 0.999. The fourth-order valence-electron chi connectivity index (χ4n) is 0.870. The third-order valence-corrected chi connectivity index (χ3v) is 1.60. The average Bonchev–Trinajstić information content (AvgIpc) is 1.99. The summed E-state index contributed by atoms with van der Waals surface area (Å²) in [4.78, 5) is 34.4. The van der Waals surface area contributed by atoms with Gasteiger partial charge in [0.15, 0.2) is 0 Å². The first-order valence-electron chi connectivity index (χ1n) is 3.49. The molecule has 1 aromatic heterocycles. The van der Waals surface area contributed by atoms with Gasteiger partial charge in [-0.1, -0.05) is 0 Å². The molecule has 0 fully saturated rings. The second-order valence-electron chi connectivity index (χ2n) is 2.55. The minimum atomic E-state index is -0.659. The standard InChI is InChI=1S/C7H7ClN2O3/c1-4-2-10(3-5(8)11)7(13)9-6(4)12/h2H,3H2,1H3,(H,9,12,13). The van der Waals surface area contributed by atoms with Crippen molar-refractivity contribution in [2.24, 2.45) is 0 Å². The fraction of sp³-hybridized carbons (Fsp3) is 0.286. The van der Waals surface area contributed by atoms with Gasteiger partial charge in [0.05, 0.1) is 0 Å². The van der Waals surface area contributed by atoms with E-state index in [0.717, 1.165) is 4.57 Å². The molecule has 1 heterocycles. The highest BCUT2D eigenvalue weighted by Crippen LogP contribution is 1.87. The number of aromatic nitrogens is 2. The Balaban J connectivity index is 3.24. The second-order valence-corrected chi connectivity index (χ2v) is 2.98. The maximum atomic E-state index is 11.0. The molecule has 0 bridgehead atoms. The number of aromatic amines is 1. The van der Waals surface area contributed by atoms with Crippen LogP contribution in [-0.4, -0.2) is 14.8 Å². The van der Waals surface area contributed by atoms with Crippen molar-refractivity contribution in [2.75, 3.05) is 0 Å². The van der Waals surface area contributed by atoms with Crippen molar-refractivity contribution in [2.45, 2.75) is 13.5 Å². The normalized spacial score (nSPS) is 10.0. The van der Waals surface area contributed by atoms with Crippen molar-refractivity contribution in [3.05, 3.63) is 32.6 Å². The molecule has 0 unspecified atom stereocenters. The Morgan fingerprint density at radius 1 is 1.62 bits per heavy atom. The predicted octanol–water partition coefficient (Wildman–Crippen LogP) is -0.390. The lowest BCUT2D eigenvalue weighted by Crippen LogP contribution is -2.31. The van der Waals surface area contributed by atoms with E-state index in [1.165, 1.54) is 13.1 Å². The molecule has 1 aromatic rings. The minimum Gasteiger partial charge on any atom is -0.292 e. The van der Waals surface area contributed by atoms with Gasteiger partial charge in [0.25, 0.3) is 5.56 Å². The number of hydrogen-bond acceptors (Lipinski definition) is 3. The Bertz CT molecular complexity index is 446. The number of nitrogens with one attached hydrogen (secondary N) is 1. The van der Waals surface area contributed by atoms with Crippen LogP contribution in [0.2, 0.25) is 0 Å². The van der Waals surface area contributed by atoms with Gasteiger partial charge in [0, 0.05) is 11.8 Å². The number of halogens is 1. The van der Waals surface area contributed by atoms with Gasteiger partial charge in [-0.25, -0.2) is 4.79 Å². The highest BCUT2D eigenvalue weighted by molar-refractivity contribution is 6.63. The quantitative estimate of drug-likeness (QED) is 0.664. The smallest absolute Gasteiger partial charge is 0.292 e. The van der Waals surface area contributed by atoms with Crippen LogP contribution < -0.4 is 11.2 Å². The molecule has 0 atom stereocenters. The van der Waals surface area contributed by atoms with Crippen molar-refractivity contribution in [1.29, 1.82) is 0 Å². The maximum Gasteiger partial charge on any atom is 0.328 e. The van der Waals surface area contributed by atoms with Gasteiger partial charge in [0.1, 0.15) is 6.54 Å². The molecule has 0 saturated carbocycles. The van der Waals surface area contributed by atoms with Crippen LogP contribution in [0.5, 0.6) is 0 Å². The van der Waals surface area contributed by atoms with Crippen LogP contribution in [0.15, 0.2) is 15.8 Å². The van der Waals surface area contributed by atoms with Gasteiger partial charge in [-0.15, -0.1) is 0 Å². The number of nitrogens with zero attached hydrogens (tertiary/aromatic N) is 1. The Morgan fingerprint density at radius 3 is 2.77 bits per heavy atom. The van der Waals surface area contributed by atoms with Gasteiger partial charge in [-0.05, 0) is 18.5 Å². The first kappa shape index (κ1) is 9.73. The zero-order chi connectivity index (χ0) is 10.0. The van der Waals surface area contributed by atoms with E-state index >= 15 is 0 Å². The van der Waals surface area contributed by atoms with Crippen LogP contribution in [0.3, 0.4) is 0 Å². The molecule has 0 radical (unpaired) electrons. The van der Waals surface area contributed by atoms with Gasteiger partial charge in [-0.3, -0.25) is 19.1 Å². The topological polar surface area (TPSA) is 71.9 Å². The first-order valence-corrected chi connectivity index (χ1v) is 3.87. The van der Waals surface area contributed by atoms with Crippen LogP contribution in [0, 0.1) is 6.92 Å². The zero-order valence-electron chi connectivity index (χ0n) is 6.83. The first-order chi connectivity index (χ1) is 6.00. The average molecular weight is 203 g/mol. The van der Waals surface area contributed by atoms with Crippen molar-refractivity contribution in [1.82, 2.24) is 9.55 Å². The van der Waals surface area contributed by atoms with Gasteiger partial charge in [-0.2, -0.15) is 0 Å². The summed E-state index contributed by atoms with van der Waals surface area (Å²) in [5.74, 6) is 0. The van der Waals surface area contributed by atoms with E-state index in [1.807, 2.05) is 0 Å². The van der Waals surface area contributed by atoms with E-state index < -0.39 is 16.5 Å². The Kier molecular flexibility index (Phi) is 2.67. The third kappa shape index (κ3) is 2.29. The summed E-state index contributed by atoms with van der Waals surface area (Å²) < 4.78 is 1.05. The lowest BCUT2D eigenvalue weighted by Gasteiger charge is -2.00. The number of carbonyl (C=O) groups excluding carboxylic acids is 1. The van der Waals surface area contributed by atoms with Crippen molar-refractivity contribution in [3.8, 4) is 0 Å². The number of aryl methyl sites for hydroxylation is 1. The molecule has 1 N–H and O–H groups in total. The predicted molar refractivity (Wildman–Crippen MR) is 46.9 cm³/mol. The molecule has 0 amide bonds. The summed E-state index contributed by atoms with van der Waals surface area (Å²) in [5.41, 5.74) is -0.731. The summed E-state index contributed by atoms with van der Waals surface area (Å²) >= 11 is 5.09. The molecule has 0 aliphatic heterocycles.